The second-order valence-corrected chi connectivity index (χ2v) is 9.83. The zero-order chi connectivity index (χ0) is 14.1. The molecule has 2 nitrogen and oxygen atoms in total. The van der Waals surface area contributed by atoms with Crippen LogP contribution in [0.2, 0.25) is 0 Å². The average molecular weight is 288 g/mol. The van der Waals surface area contributed by atoms with E-state index in [4.69, 9.17) is 9.47 Å². The van der Waals surface area contributed by atoms with E-state index in [1.165, 1.54) is 57.8 Å². The van der Waals surface area contributed by atoms with Crippen molar-refractivity contribution in [2.75, 3.05) is 0 Å². The molecule has 2 heteroatoms. The van der Waals surface area contributed by atoms with Gasteiger partial charge in [-0.3, -0.25) is 0 Å². The van der Waals surface area contributed by atoms with E-state index in [0.717, 1.165) is 23.7 Å². The van der Waals surface area contributed by atoms with E-state index in [2.05, 4.69) is 13.8 Å². The van der Waals surface area contributed by atoms with Crippen molar-refractivity contribution in [1.29, 1.82) is 0 Å². The first-order valence-electron chi connectivity index (χ1n) is 9.41. The highest BCUT2D eigenvalue weighted by Gasteiger charge is 2.94. The maximum Gasteiger partial charge on any atom is 0.229 e. The number of hydrogen-bond donors (Lipinski definition) is 0. The Morgan fingerprint density at radius 3 is 2.57 bits per heavy atom. The first-order chi connectivity index (χ1) is 10.0. The molecule has 0 spiro atoms. The van der Waals surface area contributed by atoms with Crippen LogP contribution in [0.4, 0.5) is 0 Å². The van der Waals surface area contributed by atoms with Crippen molar-refractivity contribution < 1.29 is 9.47 Å². The fraction of sp³-hybridized carbons (Fsp3) is 1.00. The summed E-state index contributed by atoms with van der Waals surface area (Å²) in [4.78, 5) is 0. The molecule has 6 rings (SSSR count). The predicted molar refractivity (Wildman–Crippen MR) is 79.4 cm³/mol. The molecular formula is C19H28O2. The fourth-order valence-corrected chi connectivity index (χ4v) is 7.90. The van der Waals surface area contributed by atoms with E-state index in [0.29, 0.717) is 10.8 Å². The van der Waals surface area contributed by atoms with Gasteiger partial charge >= 0.3 is 0 Å². The van der Waals surface area contributed by atoms with Crippen molar-refractivity contribution in [3.05, 3.63) is 0 Å². The normalized spacial score (nSPS) is 70.0. The minimum Gasteiger partial charge on any atom is -0.307 e. The van der Waals surface area contributed by atoms with Gasteiger partial charge < -0.3 is 9.47 Å². The number of fused-ring (bicyclic) bond motifs is 5. The monoisotopic (exact) mass is 288 g/mol. The molecule has 0 amide bonds. The highest BCUT2D eigenvalue weighted by atomic mass is 17.0. The van der Waals surface area contributed by atoms with Gasteiger partial charge in [0.1, 0.15) is 0 Å². The van der Waals surface area contributed by atoms with Crippen molar-refractivity contribution in [2.24, 2.45) is 34.5 Å². The quantitative estimate of drug-likeness (QED) is 0.614. The van der Waals surface area contributed by atoms with Crippen LogP contribution in [0.5, 0.6) is 0 Å². The van der Waals surface area contributed by atoms with Gasteiger partial charge in [-0.2, -0.15) is 0 Å². The highest BCUT2D eigenvalue weighted by Crippen LogP contribution is 2.81. The SMILES string of the molecule is C[C@@]12CCC[C@H]1[C@@H]1CCC3CC45OC4(C[C@]3(C)[C@H]1CC2)O5. The zero-order valence-electron chi connectivity index (χ0n) is 13.5. The molecule has 116 valence electrons. The van der Waals surface area contributed by atoms with Crippen LogP contribution < -0.4 is 0 Å². The molecule has 0 radical (unpaired) electrons. The summed E-state index contributed by atoms with van der Waals surface area (Å²) in [6.45, 7) is 5.21. The first kappa shape index (κ1) is 12.4. The highest BCUT2D eigenvalue weighted by molar-refractivity contribution is 5.26. The summed E-state index contributed by atoms with van der Waals surface area (Å²) in [5.74, 6) is 3.69. The molecule has 6 aliphatic rings. The van der Waals surface area contributed by atoms with E-state index in [1.54, 1.807) is 0 Å². The van der Waals surface area contributed by atoms with Crippen molar-refractivity contribution in [3.8, 4) is 0 Å². The molecule has 21 heavy (non-hydrogen) atoms. The molecule has 2 heterocycles. The van der Waals surface area contributed by atoms with Gasteiger partial charge in [-0.05, 0) is 73.0 Å². The predicted octanol–water partition coefficient (Wildman–Crippen LogP) is 4.48. The third kappa shape index (κ3) is 1.24. The van der Waals surface area contributed by atoms with Crippen LogP contribution in [0, 0.1) is 34.5 Å². The van der Waals surface area contributed by atoms with Gasteiger partial charge in [0.2, 0.25) is 11.6 Å². The summed E-state index contributed by atoms with van der Waals surface area (Å²) in [5.41, 5.74) is 1.19. The lowest BCUT2D eigenvalue weighted by Gasteiger charge is -2.58. The summed E-state index contributed by atoms with van der Waals surface area (Å²) in [5, 5.41) is 0. The molecule has 4 saturated carbocycles. The maximum absolute atomic E-state index is 5.96. The molecule has 6 atom stereocenters. The van der Waals surface area contributed by atoms with Gasteiger partial charge in [0, 0.05) is 12.8 Å². The summed E-state index contributed by atoms with van der Waals surface area (Å²) >= 11 is 0. The second kappa shape index (κ2) is 3.24. The molecule has 6 fully saturated rings. The standard InChI is InChI=1S/C19H28O2/c1-16-8-3-4-14(16)13-6-5-12-10-18-19(20-18,21-18)11-17(12,2)15(13)7-9-16/h12-15H,3-11H2,1-2H3/t12?,13-,14-,15-,16-,17-,18?,19?/m0/s1. The molecular weight excluding hydrogens is 260 g/mol. The van der Waals surface area contributed by atoms with E-state index in [9.17, 15) is 0 Å². The van der Waals surface area contributed by atoms with Crippen LogP contribution in [0.1, 0.15) is 71.6 Å². The minimum absolute atomic E-state index is 0.0689. The maximum atomic E-state index is 5.96. The topological polar surface area (TPSA) is 25.1 Å². The Morgan fingerprint density at radius 2 is 1.71 bits per heavy atom. The Kier molecular flexibility index (Phi) is 1.91. The van der Waals surface area contributed by atoms with Gasteiger partial charge in [0.05, 0.1) is 0 Å². The summed E-state index contributed by atoms with van der Waals surface area (Å²) < 4.78 is 11.9. The third-order valence-corrected chi connectivity index (χ3v) is 9.13. The lowest BCUT2D eigenvalue weighted by Crippen LogP contribution is -2.52. The summed E-state index contributed by atoms with van der Waals surface area (Å²) in [6.07, 6.45) is 12.8. The lowest BCUT2D eigenvalue weighted by atomic mass is 9.45. The summed E-state index contributed by atoms with van der Waals surface area (Å²) in [6, 6.07) is 0. The van der Waals surface area contributed by atoms with E-state index in [1.807, 2.05) is 0 Å². The molecule has 0 aromatic carbocycles. The van der Waals surface area contributed by atoms with Crippen LogP contribution >= 0.6 is 0 Å². The Bertz CT molecular complexity index is 522. The zero-order valence-corrected chi connectivity index (χ0v) is 13.5. The summed E-state index contributed by atoms with van der Waals surface area (Å²) in [7, 11) is 0. The number of hydrogen-bond acceptors (Lipinski definition) is 2. The van der Waals surface area contributed by atoms with Crippen LogP contribution in [0.3, 0.4) is 0 Å². The Labute approximate surface area is 128 Å². The van der Waals surface area contributed by atoms with Gasteiger partial charge in [-0.25, -0.2) is 0 Å². The molecule has 0 bridgehead atoms. The van der Waals surface area contributed by atoms with Crippen molar-refractivity contribution in [3.63, 3.8) is 0 Å². The fourth-order valence-electron chi connectivity index (χ4n) is 7.90. The molecule has 2 saturated heterocycles. The third-order valence-electron chi connectivity index (χ3n) is 9.13. The Balaban J connectivity index is 1.37. The molecule has 1 unspecified atom stereocenters. The van der Waals surface area contributed by atoms with Crippen LogP contribution in [0.25, 0.3) is 0 Å². The second-order valence-electron chi connectivity index (χ2n) is 9.83. The molecule has 0 N–H and O–H groups in total. The number of epoxide rings is 2. The lowest BCUT2D eigenvalue weighted by molar-refractivity contribution is -0.111. The van der Waals surface area contributed by atoms with Gasteiger partial charge in [-0.15, -0.1) is 0 Å². The van der Waals surface area contributed by atoms with Gasteiger partial charge in [-0.1, -0.05) is 20.3 Å². The number of rotatable bonds is 0. The number of ether oxygens (including phenoxy) is 2. The van der Waals surface area contributed by atoms with E-state index in [-0.39, 0.29) is 11.6 Å². The molecule has 4 aliphatic carbocycles. The van der Waals surface area contributed by atoms with Gasteiger partial charge in [0.25, 0.3) is 0 Å². The van der Waals surface area contributed by atoms with Crippen LogP contribution in [-0.4, -0.2) is 11.6 Å². The van der Waals surface area contributed by atoms with Crippen LogP contribution in [0.15, 0.2) is 0 Å². The van der Waals surface area contributed by atoms with Crippen LogP contribution in [-0.2, 0) is 9.47 Å². The molecule has 0 aromatic heterocycles. The first-order valence-corrected chi connectivity index (χ1v) is 9.41. The Hall–Kier alpha value is -0.0800. The largest absolute Gasteiger partial charge is 0.307 e. The van der Waals surface area contributed by atoms with E-state index < -0.39 is 0 Å². The molecule has 0 aromatic rings. The molecule has 2 aliphatic heterocycles. The van der Waals surface area contributed by atoms with E-state index >= 15 is 0 Å². The van der Waals surface area contributed by atoms with Crippen molar-refractivity contribution >= 4 is 0 Å². The van der Waals surface area contributed by atoms with Crippen molar-refractivity contribution in [1.82, 2.24) is 0 Å². The minimum atomic E-state index is -0.0867. The average Bonchev–Trinajstić information content (AvgIpc) is 3.15. The van der Waals surface area contributed by atoms with Crippen molar-refractivity contribution in [2.45, 2.75) is 83.2 Å². The Morgan fingerprint density at radius 1 is 0.857 bits per heavy atom. The van der Waals surface area contributed by atoms with Gasteiger partial charge in [0.15, 0.2) is 0 Å². The smallest absolute Gasteiger partial charge is 0.229 e.